The van der Waals surface area contributed by atoms with Gasteiger partial charge in [0.15, 0.2) is 0 Å². The first kappa shape index (κ1) is 11.2. The van der Waals surface area contributed by atoms with Gasteiger partial charge in [0.05, 0.1) is 11.6 Å². The molecular formula is C12H11FN2. The van der Waals surface area contributed by atoms with Crippen molar-refractivity contribution < 1.29 is 4.39 Å². The average Bonchev–Trinajstić information content (AvgIpc) is 2.27. The summed E-state index contributed by atoms with van der Waals surface area (Å²) < 4.78 is 13.5. The number of hydrogen-bond donors (Lipinski definition) is 1. The van der Waals surface area contributed by atoms with Crippen molar-refractivity contribution in [3.05, 3.63) is 35.1 Å². The maximum Gasteiger partial charge on any atom is 0.145 e. The Hall–Kier alpha value is -1.84. The number of rotatable bonds is 3. The van der Waals surface area contributed by atoms with Gasteiger partial charge in [0.1, 0.15) is 11.9 Å². The van der Waals surface area contributed by atoms with Crippen molar-refractivity contribution in [2.75, 3.05) is 0 Å². The van der Waals surface area contributed by atoms with Crippen LogP contribution in [0.25, 0.3) is 0 Å². The third kappa shape index (κ3) is 2.80. The predicted molar refractivity (Wildman–Crippen MR) is 56.2 cm³/mol. The van der Waals surface area contributed by atoms with E-state index in [2.05, 4.69) is 11.2 Å². The number of halogens is 1. The highest BCUT2D eigenvalue weighted by atomic mass is 19.1. The zero-order valence-electron chi connectivity index (χ0n) is 8.42. The highest BCUT2D eigenvalue weighted by molar-refractivity contribution is 5.34. The summed E-state index contributed by atoms with van der Waals surface area (Å²) >= 11 is 0. The first-order valence-electron chi connectivity index (χ1n) is 4.56. The molecule has 0 saturated heterocycles. The molecule has 0 amide bonds. The number of nitrogens with zero attached hydrogens (tertiary/aromatic N) is 1. The van der Waals surface area contributed by atoms with Gasteiger partial charge in [0, 0.05) is 12.1 Å². The van der Waals surface area contributed by atoms with E-state index in [1.54, 1.807) is 18.2 Å². The molecule has 0 saturated carbocycles. The van der Waals surface area contributed by atoms with Gasteiger partial charge in [-0.15, -0.1) is 6.42 Å². The van der Waals surface area contributed by atoms with E-state index in [0.29, 0.717) is 12.1 Å². The van der Waals surface area contributed by atoms with Gasteiger partial charge in [-0.2, -0.15) is 5.26 Å². The second-order valence-electron chi connectivity index (χ2n) is 3.16. The maximum atomic E-state index is 13.5. The number of terminal acetylenes is 1. The Morgan fingerprint density at radius 2 is 2.33 bits per heavy atom. The Bertz CT molecular complexity index is 426. The topological polar surface area (TPSA) is 35.8 Å². The molecule has 3 heteroatoms. The third-order valence-corrected chi connectivity index (χ3v) is 2.05. The van der Waals surface area contributed by atoms with Crippen LogP contribution in [0, 0.1) is 29.5 Å². The standard InChI is InChI=1S/C12H11FN2/c1-3-9(2)15-8-11-6-4-5-10(7-14)12(11)13/h1,4-6,9,15H,8H2,2H3. The lowest BCUT2D eigenvalue weighted by Crippen LogP contribution is -2.24. The van der Waals surface area contributed by atoms with Crippen molar-refractivity contribution in [1.29, 1.82) is 5.26 Å². The number of nitrogens with one attached hydrogen (secondary N) is 1. The van der Waals surface area contributed by atoms with Gasteiger partial charge in [-0.1, -0.05) is 18.1 Å². The molecule has 1 unspecified atom stereocenters. The van der Waals surface area contributed by atoms with Crippen LogP contribution in [-0.2, 0) is 6.54 Å². The zero-order chi connectivity index (χ0) is 11.3. The summed E-state index contributed by atoms with van der Waals surface area (Å²) in [4.78, 5) is 0. The quantitative estimate of drug-likeness (QED) is 0.759. The van der Waals surface area contributed by atoms with Crippen molar-refractivity contribution in [2.24, 2.45) is 0 Å². The van der Waals surface area contributed by atoms with Gasteiger partial charge in [-0.05, 0) is 13.0 Å². The summed E-state index contributed by atoms with van der Waals surface area (Å²) in [5.41, 5.74) is 0.513. The van der Waals surface area contributed by atoms with E-state index in [4.69, 9.17) is 11.7 Å². The molecule has 0 aromatic heterocycles. The summed E-state index contributed by atoms with van der Waals surface area (Å²) in [6, 6.07) is 6.41. The lowest BCUT2D eigenvalue weighted by atomic mass is 10.1. The van der Waals surface area contributed by atoms with Crippen LogP contribution in [0.3, 0.4) is 0 Å². The fourth-order valence-corrected chi connectivity index (χ4v) is 1.12. The van der Waals surface area contributed by atoms with E-state index in [0.717, 1.165) is 0 Å². The third-order valence-electron chi connectivity index (χ3n) is 2.05. The number of nitriles is 1. The molecule has 0 radical (unpaired) electrons. The summed E-state index contributed by atoms with van der Waals surface area (Å²) in [5, 5.41) is 11.6. The van der Waals surface area contributed by atoms with Crippen LogP contribution in [0.5, 0.6) is 0 Å². The monoisotopic (exact) mass is 202 g/mol. The molecule has 76 valence electrons. The number of hydrogen-bond acceptors (Lipinski definition) is 2. The molecule has 1 aromatic rings. The normalized spacial score (nSPS) is 11.5. The maximum absolute atomic E-state index is 13.5. The Labute approximate surface area is 88.7 Å². The molecule has 0 spiro atoms. The molecular weight excluding hydrogens is 191 g/mol. The minimum atomic E-state index is -0.475. The molecule has 0 aliphatic heterocycles. The first-order valence-corrected chi connectivity index (χ1v) is 4.56. The van der Waals surface area contributed by atoms with Crippen LogP contribution < -0.4 is 5.32 Å². The minimum Gasteiger partial charge on any atom is -0.300 e. The van der Waals surface area contributed by atoms with Crippen molar-refractivity contribution >= 4 is 0 Å². The van der Waals surface area contributed by atoms with Gasteiger partial charge in [0.25, 0.3) is 0 Å². The Balaban J connectivity index is 2.80. The lowest BCUT2D eigenvalue weighted by molar-refractivity contribution is 0.575. The van der Waals surface area contributed by atoms with Crippen molar-refractivity contribution in [3.63, 3.8) is 0 Å². The SMILES string of the molecule is C#CC(C)NCc1cccc(C#N)c1F. The lowest BCUT2D eigenvalue weighted by Gasteiger charge is -2.08. The molecule has 0 aliphatic rings. The molecule has 1 rings (SSSR count). The predicted octanol–water partition coefficient (Wildman–Crippen LogP) is 1.81. The molecule has 0 bridgehead atoms. The molecule has 1 atom stereocenters. The molecule has 0 aliphatic carbocycles. The molecule has 0 heterocycles. The van der Waals surface area contributed by atoms with E-state index in [-0.39, 0.29) is 11.6 Å². The summed E-state index contributed by atoms with van der Waals surface area (Å²) in [6.45, 7) is 2.14. The van der Waals surface area contributed by atoms with Crippen LogP contribution in [0.15, 0.2) is 18.2 Å². The molecule has 1 aromatic carbocycles. The van der Waals surface area contributed by atoms with Gasteiger partial charge < -0.3 is 0 Å². The second kappa shape index (κ2) is 5.14. The van der Waals surface area contributed by atoms with Gasteiger partial charge in [0.2, 0.25) is 0 Å². The van der Waals surface area contributed by atoms with Gasteiger partial charge in [-0.3, -0.25) is 5.32 Å². The van der Waals surface area contributed by atoms with E-state index >= 15 is 0 Å². The van der Waals surface area contributed by atoms with Crippen LogP contribution in [0.4, 0.5) is 4.39 Å². The average molecular weight is 202 g/mol. The van der Waals surface area contributed by atoms with Crippen molar-refractivity contribution in [1.82, 2.24) is 5.32 Å². The van der Waals surface area contributed by atoms with Gasteiger partial charge >= 0.3 is 0 Å². The smallest absolute Gasteiger partial charge is 0.145 e. The molecule has 2 nitrogen and oxygen atoms in total. The first-order chi connectivity index (χ1) is 7.19. The van der Waals surface area contributed by atoms with Crippen LogP contribution in [0.1, 0.15) is 18.1 Å². The van der Waals surface area contributed by atoms with Crippen LogP contribution >= 0.6 is 0 Å². The summed E-state index contributed by atoms with van der Waals surface area (Å²) in [7, 11) is 0. The molecule has 15 heavy (non-hydrogen) atoms. The van der Waals surface area contributed by atoms with Crippen LogP contribution in [-0.4, -0.2) is 6.04 Å². The highest BCUT2D eigenvalue weighted by Gasteiger charge is 2.07. The van der Waals surface area contributed by atoms with E-state index in [9.17, 15) is 4.39 Å². The molecule has 0 fully saturated rings. The molecule has 1 N–H and O–H groups in total. The Morgan fingerprint density at radius 3 is 2.93 bits per heavy atom. The van der Waals surface area contributed by atoms with E-state index < -0.39 is 5.82 Å². The fourth-order valence-electron chi connectivity index (χ4n) is 1.12. The van der Waals surface area contributed by atoms with Crippen molar-refractivity contribution in [3.8, 4) is 18.4 Å². The second-order valence-corrected chi connectivity index (χ2v) is 3.16. The van der Waals surface area contributed by atoms with Crippen molar-refractivity contribution in [2.45, 2.75) is 19.5 Å². The van der Waals surface area contributed by atoms with Crippen LogP contribution in [0.2, 0.25) is 0 Å². The van der Waals surface area contributed by atoms with E-state index in [1.165, 1.54) is 6.07 Å². The Kier molecular flexibility index (Phi) is 3.85. The Morgan fingerprint density at radius 1 is 1.60 bits per heavy atom. The minimum absolute atomic E-state index is 0.0580. The number of benzene rings is 1. The highest BCUT2D eigenvalue weighted by Crippen LogP contribution is 2.11. The zero-order valence-corrected chi connectivity index (χ0v) is 8.42. The van der Waals surface area contributed by atoms with E-state index in [1.807, 2.05) is 6.92 Å². The summed E-state index contributed by atoms with van der Waals surface area (Å²) in [5.74, 6) is 2.01. The van der Waals surface area contributed by atoms with Gasteiger partial charge in [-0.25, -0.2) is 4.39 Å². The summed E-state index contributed by atoms with van der Waals surface area (Å²) in [6.07, 6.45) is 5.17. The fraction of sp³-hybridized carbons (Fsp3) is 0.250. The largest absolute Gasteiger partial charge is 0.300 e.